The van der Waals surface area contributed by atoms with Gasteiger partial charge in [-0.15, -0.1) is 0 Å². The molecule has 1 rings (SSSR count). The molecule has 0 aliphatic rings. The van der Waals surface area contributed by atoms with E-state index in [0.29, 0.717) is 13.2 Å². The molecule has 0 bridgehead atoms. The van der Waals surface area contributed by atoms with E-state index in [-0.39, 0.29) is 5.96 Å². The Kier molecular flexibility index (Phi) is 6.97. The molecule has 100 valence electrons. The van der Waals surface area contributed by atoms with Gasteiger partial charge in [0.15, 0.2) is 5.96 Å². The molecule has 0 saturated carbocycles. The predicted octanol–water partition coefficient (Wildman–Crippen LogP) is 2.35. The van der Waals surface area contributed by atoms with Gasteiger partial charge in [0.25, 0.3) is 0 Å². The first kappa shape index (κ1) is 15.2. The molecule has 0 radical (unpaired) electrons. The van der Waals surface area contributed by atoms with Crippen LogP contribution >= 0.6 is 27.7 Å². The van der Waals surface area contributed by atoms with Gasteiger partial charge in [0.2, 0.25) is 0 Å². The van der Waals surface area contributed by atoms with Gasteiger partial charge >= 0.3 is 0 Å². The molecule has 0 fully saturated rings. The smallest absolute Gasteiger partial charge is 0.185 e. The number of thioether (sulfide) groups is 1. The van der Waals surface area contributed by atoms with E-state index in [2.05, 4.69) is 27.0 Å². The summed E-state index contributed by atoms with van der Waals surface area (Å²) in [4.78, 5) is 3.94. The molecule has 0 spiro atoms. The van der Waals surface area contributed by atoms with Crippen molar-refractivity contribution in [1.82, 2.24) is 0 Å². The Morgan fingerprint density at radius 2 is 2.22 bits per heavy atom. The van der Waals surface area contributed by atoms with Crippen LogP contribution in [0, 0.1) is 0 Å². The minimum absolute atomic E-state index is 0.146. The second-order valence-electron chi connectivity index (χ2n) is 3.54. The van der Waals surface area contributed by atoms with Crippen LogP contribution in [0.1, 0.15) is 12.5 Å². The molecule has 4 nitrogen and oxygen atoms in total. The quantitative estimate of drug-likeness (QED) is 0.457. The fourth-order valence-corrected chi connectivity index (χ4v) is 2.60. The van der Waals surface area contributed by atoms with E-state index in [1.165, 1.54) is 5.56 Å². The van der Waals surface area contributed by atoms with Gasteiger partial charge < -0.3 is 16.2 Å². The van der Waals surface area contributed by atoms with E-state index >= 15 is 0 Å². The SMILES string of the molecule is CCOc1ccc(Br)cc1CSCCN=C(N)N. The number of halogens is 1. The van der Waals surface area contributed by atoms with Crippen molar-refractivity contribution in [3.05, 3.63) is 28.2 Å². The first-order valence-electron chi connectivity index (χ1n) is 5.68. The molecule has 0 saturated heterocycles. The fraction of sp³-hybridized carbons (Fsp3) is 0.417. The van der Waals surface area contributed by atoms with Crippen LogP contribution in [0.15, 0.2) is 27.7 Å². The van der Waals surface area contributed by atoms with Crippen molar-refractivity contribution in [1.29, 1.82) is 0 Å². The average molecular weight is 332 g/mol. The summed E-state index contributed by atoms with van der Waals surface area (Å²) in [5.74, 6) is 2.85. The third-order valence-corrected chi connectivity index (χ3v) is 3.59. The number of aliphatic imine (C=N–C) groups is 1. The standard InChI is InChI=1S/C12H18BrN3OS/c1-2-17-11-4-3-10(13)7-9(11)8-18-6-5-16-12(14)15/h3-4,7H,2,5-6,8H2,1H3,(H4,14,15,16). The molecule has 0 atom stereocenters. The second kappa shape index (κ2) is 8.26. The van der Waals surface area contributed by atoms with Gasteiger partial charge in [-0.3, -0.25) is 4.99 Å². The minimum atomic E-state index is 0.146. The lowest BCUT2D eigenvalue weighted by molar-refractivity contribution is 0.337. The van der Waals surface area contributed by atoms with Gasteiger partial charge in [-0.1, -0.05) is 15.9 Å². The number of benzene rings is 1. The Morgan fingerprint density at radius 3 is 2.89 bits per heavy atom. The highest BCUT2D eigenvalue weighted by atomic mass is 79.9. The summed E-state index contributed by atoms with van der Waals surface area (Å²) in [6.45, 7) is 3.30. The molecule has 18 heavy (non-hydrogen) atoms. The summed E-state index contributed by atoms with van der Waals surface area (Å²) < 4.78 is 6.65. The lowest BCUT2D eigenvalue weighted by Gasteiger charge is -2.10. The van der Waals surface area contributed by atoms with Gasteiger partial charge in [0.1, 0.15) is 5.75 Å². The van der Waals surface area contributed by atoms with E-state index in [4.69, 9.17) is 16.2 Å². The van der Waals surface area contributed by atoms with Crippen LogP contribution in [0.2, 0.25) is 0 Å². The summed E-state index contributed by atoms with van der Waals surface area (Å²) in [5.41, 5.74) is 11.7. The molecule has 0 heterocycles. The van der Waals surface area contributed by atoms with Crippen LogP contribution in [0.3, 0.4) is 0 Å². The normalized spacial score (nSPS) is 10.1. The Bertz CT molecular complexity index is 408. The Morgan fingerprint density at radius 1 is 1.44 bits per heavy atom. The van der Waals surface area contributed by atoms with E-state index in [1.807, 2.05) is 19.1 Å². The molecular weight excluding hydrogens is 314 g/mol. The number of hydrogen-bond acceptors (Lipinski definition) is 3. The predicted molar refractivity (Wildman–Crippen MR) is 82.1 cm³/mol. The summed E-state index contributed by atoms with van der Waals surface area (Å²) in [7, 11) is 0. The van der Waals surface area contributed by atoms with Crippen molar-refractivity contribution in [3.8, 4) is 5.75 Å². The number of nitrogens with zero attached hydrogens (tertiary/aromatic N) is 1. The summed E-state index contributed by atoms with van der Waals surface area (Å²) in [6.07, 6.45) is 0. The van der Waals surface area contributed by atoms with Crippen molar-refractivity contribution in [2.75, 3.05) is 18.9 Å². The molecule has 0 amide bonds. The molecule has 1 aromatic rings. The summed E-state index contributed by atoms with van der Waals surface area (Å²) in [6, 6.07) is 6.05. The van der Waals surface area contributed by atoms with Crippen molar-refractivity contribution in [2.45, 2.75) is 12.7 Å². The van der Waals surface area contributed by atoms with Crippen molar-refractivity contribution in [2.24, 2.45) is 16.5 Å². The maximum Gasteiger partial charge on any atom is 0.185 e. The highest BCUT2D eigenvalue weighted by molar-refractivity contribution is 9.10. The topological polar surface area (TPSA) is 73.6 Å². The number of rotatable bonds is 7. The third kappa shape index (κ3) is 5.64. The maximum atomic E-state index is 5.59. The molecule has 0 aliphatic carbocycles. The lowest BCUT2D eigenvalue weighted by Crippen LogP contribution is -2.23. The highest BCUT2D eigenvalue weighted by Gasteiger charge is 2.04. The molecular formula is C12H18BrN3OS. The van der Waals surface area contributed by atoms with Crippen molar-refractivity contribution < 1.29 is 4.74 Å². The summed E-state index contributed by atoms with van der Waals surface area (Å²) in [5, 5.41) is 0. The molecule has 4 N–H and O–H groups in total. The minimum Gasteiger partial charge on any atom is -0.494 e. The van der Waals surface area contributed by atoms with Gasteiger partial charge in [-0.25, -0.2) is 0 Å². The van der Waals surface area contributed by atoms with Gasteiger partial charge in [-0.05, 0) is 25.1 Å². The fourth-order valence-electron chi connectivity index (χ4n) is 1.38. The van der Waals surface area contributed by atoms with Gasteiger partial charge in [0, 0.05) is 21.5 Å². The van der Waals surface area contributed by atoms with Crippen LogP contribution in [-0.2, 0) is 5.75 Å². The lowest BCUT2D eigenvalue weighted by atomic mass is 10.2. The molecule has 0 aliphatic heterocycles. The van der Waals surface area contributed by atoms with E-state index < -0.39 is 0 Å². The largest absolute Gasteiger partial charge is 0.494 e. The van der Waals surface area contributed by atoms with Gasteiger partial charge in [-0.2, -0.15) is 11.8 Å². The number of ether oxygens (including phenoxy) is 1. The molecule has 6 heteroatoms. The third-order valence-electron chi connectivity index (χ3n) is 2.11. The zero-order valence-electron chi connectivity index (χ0n) is 10.4. The van der Waals surface area contributed by atoms with Crippen LogP contribution in [0.25, 0.3) is 0 Å². The molecule has 0 aromatic heterocycles. The Labute approximate surface area is 120 Å². The van der Waals surface area contributed by atoms with Crippen LogP contribution in [0.5, 0.6) is 5.75 Å². The van der Waals surface area contributed by atoms with Crippen LogP contribution < -0.4 is 16.2 Å². The van der Waals surface area contributed by atoms with Crippen LogP contribution in [-0.4, -0.2) is 24.9 Å². The zero-order valence-corrected chi connectivity index (χ0v) is 12.8. The maximum absolute atomic E-state index is 5.59. The van der Waals surface area contributed by atoms with E-state index in [1.54, 1.807) is 11.8 Å². The number of nitrogens with two attached hydrogens (primary N) is 2. The number of hydrogen-bond donors (Lipinski definition) is 2. The second-order valence-corrected chi connectivity index (χ2v) is 5.57. The number of guanidine groups is 1. The van der Waals surface area contributed by atoms with Crippen molar-refractivity contribution >= 4 is 33.7 Å². The Hall–Kier alpha value is -0.880. The first-order chi connectivity index (χ1) is 8.63. The van der Waals surface area contributed by atoms with Crippen LogP contribution in [0.4, 0.5) is 0 Å². The van der Waals surface area contributed by atoms with E-state index in [0.717, 1.165) is 21.7 Å². The van der Waals surface area contributed by atoms with Crippen molar-refractivity contribution in [3.63, 3.8) is 0 Å². The average Bonchev–Trinajstić information content (AvgIpc) is 2.32. The zero-order chi connectivity index (χ0) is 13.4. The van der Waals surface area contributed by atoms with E-state index in [9.17, 15) is 0 Å². The monoisotopic (exact) mass is 331 g/mol. The molecule has 1 aromatic carbocycles. The molecule has 0 unspecified atom stereocenters. The van der Waals surface area contributed by atoms with Gasteiger partial charge in [0.05, 0.1) is 13.2 Å². The first-order valence-corrected chi connectivity index (χ1v) is 7.62. The Balaban J connectivity index is 2.49. The highest BCUT2D eigenvalue weighted by Crippen LogP contribution is 2.26. The summed E-state index contributed by atoms with van der Waals surface area (Å²) >= 11 is 5.25.